The molecule has 5 saturated carbocycles. The molecule has 2 aromatic rings. The fourth-order valence-electron chi connectivity index (χ4n) is 8.38. The molecule has 5 aliphatic carbocycles. The van der Waals surface area contributed by atoms with Crippen molar-refractivity contribution in [1.29, 1.82) is 5.26 Å². The Morgan fingerprint density at radius 3 is 2.56 bits per heavy atom. The number of nitrogens with zero attached hydrogens (tertiary/aromatic N) is 3. The van der Waals surface area contributed by atoms with E-state index in [1.54, 1.807) is 18.2 Å². The van der Waals surface area contributed by atoms with E-state index in [9.17, 15) is 19.1 Å². The highest BCUT2D eigenvalue weighted by molar-refractivity contribution is 5.53. The van der Waals surface area contributed by atoms with Crippen molar-refractivity contribution in [2.24, 2.45) is 29.1 Å². The highest BCUT2D eigenvalue weighted by Gasteiger charge is 2.55. The van der Waals surface area contributed by atoms with Gasteiger partial charge in [0.25, 0.3) is 0 Å². The molecule has 5 aliphatic rings. The number of anilines is 2. The third-order valence-corrected chi connectivity index (χ3v) is 10.0. The lowest BCUT2D eigenvalue weighted by atomic mass is 9.48. The van der Waals surface area contributed by atoms with Gasteiger partial charge in [-0.05, 0) is 99.5 Å². The van der Waals surface area contributed by atoms with Gasteiger partial charge in [0.1, 0.15) is 23.2 Å². The van der Waals surface area contributed by atoms with Crippen molar-refractivity contribution in [2.45, 2.75) is 83.1 Å². The summed E-state index contributed by atoms with van der Waals surface area (Å²) in [6.07, 6.45) is 11.7. The highest BCUT2D eigenvalue weighted by Crippen LogP contribution is 2.60. The fourth-order valence-corrected chi connectivity index (χ4v) is 8.38. The van der Waals surface area contributed by atoms with E-state index in [0.29, 0.717) is 46.7 Å². The molecule has 10 heteroatoms. The largest absolute Gasteiger partial charge is 0.434 e. The van der Waals surface area contributed by atoms with Crippen LogP contribution < -0.4 is 20.7 Å². The first-order chi connectivity index (χ1) is 19.9. The highest BCUT2D eigenvalue weighted by atomic mass is 19.3. The molecule has 5 atom stereocenters. The van der Waals surface area contributed by atoms with E-state index in [0.717, 1.165) is 44.7 Å². The predicted molar refractivity (Wildman–Crippen MR) is 151 cm³/mol. The molecule has 1 aromatic heterocycles. The van der Waals surface area contributed by atoms with Crippen molar-refractivity contribution in [3.63, 3.8) is 0 Å². The fraction of sp³-hybridized carbons (Fsp3) is 0.645. The summed E-state index contributed by atoms with van der Waals surface area (Å²) < 4.78 is 30.2. The summed E-state index contributed by atoms with van der Waals surface area (Å²) in [5, 5.41) is 30.2. The van der Waals surface area contributed by atoms with E-state index in [4.69, 9.17) is 0 Å². The molecule has 7 rings (SSSR count). The Bertz CT molecular complexity index is 1230. The molecule has 5 fully saturated rings. The molecule has 8 nitrogen and oxygen atoms in total. The minimum atomic E-state index is -2.90. The Morgan fingerprint density at radius 1 is 1.07 bits per heavy atom. The van der Waals surface area contributed by atoms with Crippen molar-refractivity contribution in [3.05, 3.63) is 41.6 Å². The second-order valence-corrected chi connectivity index (χ2v) is 12.8. The Hall–Kier alpha value is -3.03. The van der Waals surface area contributed by atoms with Gasteiger partial charge in [-0.1, -0.05) is 18.2 Å². The van der Waals surface area contributed by atoms with Gasteiger partial charge in [0, 0.05) is 24.7 Å². The molecular weight excluding hydrogens is 526 g/mol. The van der Waals surface area contributed by atoms with E-state index in [2.05, 4.69) is 36.7 Å². The normalized spacial score (nSPS) is 32.1. The van der Waals surface area contributed by atoms with Gasteiger partial charge < -0.3 is 25.8 Å². The molecule has 41 heavy (non-hydrogen) atoms. The van der Waals surface area contributed by atoms with E-state index in [1.165, 1.54) is 44.4 Å². The summed E-state index contributed by atoms with van der Waals surface area (Å²) in [5.74, 6) is 3.76. The average Bonchev–Trinajstić information content (AvgIpc) is 2.96. The van der Waals surface area contributed by atoms with Crippen molar-refractivity contribution < 1.29 is 18.6 Å². The maximum atomic E-state index is 12.8. The van der Waals surface area contributed by atoms with Crippen molar-refractivity contribution >= 4 is 11.8 Å². The first-order valence-corrected chi connectivity index (χ1v) is 15.1. The summed E-state index contributed by atoms with van der Waals surface area (Å²) in [5.41, 5.74) is 1.16. The third-order valence-electron chi connectivity index (χ3n) is 10.0. The number of aliphatic hydroxyl groups is 1. The summed E-state index contributed by atoms with van der Waals surface area (Å²) in [6, 6.07) is 9.41. The van der Waals surface area contributed by atoms with Crippen LogP contribution in [0, 0.1) is 40.4 Å². The molecule has 0 saturated heterocycles. The Balaban J connectivity index is 1.08. The second kappa shape index (κ2) is 12.1. The number of benzene rings is 1. The predicted octanol–water partition coefficient (Wildman–Crippen LogP) is 5.31. The summed E-state index contributed by atoms with van der Waals surface area (Å²) in [4.78, 5) is 8.86. The zero-order valence-electron chi connectivity index (χ0n) is 23.4. The van der Waals surface area contributed by atoms with Crippen molar-refractivity contribution in [3.8, 4) is 11.8 Å². The number of halogens is 2. The lowest BCUT2D eigenvalue weighted by molar-refractivity contribution is -0.0705. The maximum Gasteiger partial charge on any atom is 0.387 e. The van der Waals surface area contributed by atoms with E-state index >= 15 is 0 Å². The zero-order chi connectivity index (χ0) is 28.4. The molecule has 4 bridgehead atoms. The van der Waals surface area contributed by atoms with Gasteiger partial charge in [0.15, 0.2) is 0 Å². The van der Waals surface area contributed by atoms with Crippen LogP contribution in [0.3, 0.4) is 0 Å². The van der Waals surface area contributed by atoms with Crippen LogP contribution in [0.4, 0.5) is 20.5 Å². The molecule has 0 aliphatic heterocycles. The SMILES string of the molecule is N#Cc1cnc(NCc2ccccc2OC(F)F)nc1NC[C@]12CC3C[C@H](C1)[C@@H](NC[C@H]1CC[C@H](O)CC1)[C@@H](C3)C2. The van der Waals surface area contributed by atoms with Crippen LogP contribution >= 0.6 is 0 Å². The van der Waals surface area contributed by atoms with Gasteiger partial charge >= 0.3 is 6.61 Å². The Morgan fingerprint density at radius 2 is 1.83 bits per heavy atom. The number of aromatic nitrogens is 2. The van der Waals surface area contributed by atoms with Crippen LogP contribution in [0.25, 0.3) is 0 Å². The number of hydrogen-bond acceptors (Lipinski definition) is 8. The average molecular weight is 567 g/mol. The van der Waals surface area contributed by atoms with Gasteiger partial charge in [-0.25, -0.2) is 4.98 Å². The smallest absolute Gasteiger partial charge is 0.387 e. The number of alkyl halides is 2. The lowest BCUT2D eigenvalue weighted by Crippen LogP contribution is -2.60. The molecule has 220 valence electrons. The molecule has 1 heterocycles. The first-order valence-electron chi connectivity index (χ1n) is 15.1. The zero-order valence-corrected chi connectivity index (χ0v) is 23.4. The number of nitriles is 1. The minimum absolute atomic E-state index is 0.104. The molecule has 1 unspecified atom stereocenters. The van der Waals surface area contributed by atoms with Gasteiger partial charge in [-0.15, -0.1) is 0 Å². The van der Waals surface area contributed by atoms with Gasteiger partial charge in [-0.2, -0.15) is 19.0 Å². The van der Waals surface area contributed by atoms with Crippen LogP contribution in [0.5, 0.6) is 5.75 Å². The van der Waals surface area contributed by atoms with Crippen LogP contribution in [0.2, 0.25) is 0 Å². The summed E-state index contributed by atoms with van der Waals surface area (Å²) in [6.45, 7) is -0.846. The van der Waals surface area contributed by atoms with Gasteiger partial charge in [0.2, 0.25) is 5.95 Å². The van der Waals surface area contributed by atoms with Crippen LogP contribution in [-0.2, 0) is 6.54 Å². The number of hydrogen-bond donors (Lipinski definition) is 4. The summed E-state index contributed by atoms with van der Waals surface area (Å²) >= 11 is 0. The quantitative estimate of drug-likeness (QED) is 0.289. The van der Waals surface area contributed by atoms with Gasteiger partial charge in [0.05, 0.1) is 12.3 Å². The lowest BCUT2D eigenvalue weighted by Gasteiger charge is -2.60. The number of para-hydroxylation sites is 1. The maximum absolute atomic E-state index is 12.8. The topological polar surface area (TPSA) is 115 Å². The van der Waals surface area contributed by atoms with Crippen LogP contribution in [-0.4, -0.2) is 46.9 Å². The molecular formula is C31H40F2N6O2. The van der Waals surface area contributed by atoms with Crippen molar-refractivity contribution in [2.75, 3.05) is 23.7 Å². The number of aliphatic hydroxyl groups excluding tert-OH is 1. The van der Waals surface area contributed by atoms with E-state index in [-0.39, 0.29) is 23.8 Å². The summed E-state index contributed by atoms with van der Waals surface area (Å²) in [7, 11) is 0. The van der Waals surface area contributed by atoms with Crippen LogP contribution in [0.15, 0.2) is 30.5 Å². The molecule has 1 aromatic carbocycles. The standard InChI is InChI=1S/C31H40F2N6O2/c32-29(33)41-26-4-2-1-3-21(26)16-36-30-37-17-24(14-34)28(39-30)38-18-31-11-20-9-22(12-31)27(23(10-20)13-31)35-15-19-5-7-25(40)8-6-19/h1-4,17,19-20,22-23,25,27,29,35,40H,5-13,15-16,18H2,(H2,36,37,38,39)/t19-,20?,22-,23+,25-,27-,31-. The van der Waals surface area contributed by atoms with E-state index < -0.39 is 6.61 Å². The molecule has 0 spiro atoms. The number of ether oxygens (including phenoxy) is 1. The Labute approximate surface area is 240 Å². The third kappa shape index (κ3) is 6.41. The van der Waals surface area contributed by atoms with Crippen LogP contribution in [0.1, 0.15) is 68.9 Å². The molecule has 0 radical (unpaired) electrons. The van der Waals surface area contributed by atoms with E-state index in [1.807, 2.05) is 0 Å². The second-order valence-electron chi connectivity index (χ2n) is 12.8. The number of nitrogens with one attached hydrogen (secondary N) is 3. The molecule has 0 amide bonds. The first kappa shape index (κ1) is 28.1. The number of rotatable bonds is 11. The van der Waals surface area contributed by atoms with Crippen molar-refractivity contribution in [1.82, 2.24) is 15.3 Å². The Kier molecular flexibility index (Phi) is 8.27. The minimum Gasteiger partial charge on any atom is -0.434 e. The monoisotopic (exact) mass is 566 g/mol. The van der Waals surface area contributed by atoms with Gasteiger partial charge in [-0.3, -0.25) is 0 Å². The molecule has 4 N–H and O–H groups in total.